The van der Waals surface area contributed by atoms with E-state index in [1.165, 1.54) is 9.47 Å². The molecule has 0 radical (unpaired) electrons. The quantitative estimate of drug-likeness (QED) is 0.787. The van der Waals surface area contributed by atoms with E-state index in [0.717, 1.165) is 0 Å². The molecule has 0 aliphatic carbocycles. The molecule has 0 saturated carbocycles. The number of hydrogen-bond acceptors (Lipinski definition) is 4. The smallest absolute Gasteiger partial charge is 0.265 e. The van der Waals surface area contributed by atoms with Crippen LogP contribution in [-0.2, 0) is 0 Å². The number of aliphatic hydroxyl groups excluding tert-OH is 1. The number of amides is 1. The first-order chi connectivity index (χ1) is 12.0. The molecule has 3 aromatic rings. The van der Waals surface area contributed by atoms with Crippen molar-refractivity contribution in [1.82, 2.24) is 14.5 Å². The molecule has 1 N–H and O–H groups in total. The standard InChI is InChI=1S/C19H19N3O3/c1-13-20-17-6-4-3-5-16(17)19(25)22(13)15-9-7-14(8-10-15)18(24)21(2)11-12-23/h3-10,23H,11-12H2,1-2H3. The third-order valence-electron chi connectivity index (χ3n) is 4.10. The van der Waals surface area contributed by atoms with Crippen LogP contribution < -0.4 is 5.56 Å². The van der Waals surface area contributed by atoms with E-state index in [1.54, 1.807) is 44.3 Å². The van der Waals surface area contributed by atoms with Crippen LogP contribution in [0.5, 0.6) is 0 Å². The van der Waals surface area contributed by atoms with Gasteiger partial charge in [-0.15, -0.1) is 0 Å². The number of aromatic nitrogens is 2. The van der Waals surface area contributed by atoms with Crippen LogP contribution in [0.3, 0.4) is 0 Å². The van der Waals surface area contributed by atoms with Gasteiger partial charge in [-0.05, 0) is 43.3 Å². The van der Waals surface area contributed by atoms with Crippen molar-refractivity contribution in [1.29, 1.82) is 0 Å². The predicted octanol–water partition coefficient (Wildman–Crippen LogP) is 1.76. The maximum atomic E-state index is 12.8. The molecule has 2 aromatic carbocycles. The van der Waals surface area contributed by atoms with Gasteiger partial charge in [0.25, 0.3) is 11.5 Å². The number of benzene rings is 2. The Morgan fingerprint density at radius 1 is 1.16 bits per heavy atom. The summed E-state index contributed by atoms with van der Waals surface area (Å²) in [6.45, 7) is 1.97. The number of carbonyl (C=O) groups is 1. The molecule has 6 heteroatoms. The van der Waals surface area contributed by atoms with Gasteiger partial charge in [-0.2, -0.15) is 0 Å². The van der Waals surface area contributed by atoms with Crippen LogP contribution in [0.2, 0.25) is 0 Å². The number of fused-ring (bicyclic) bond motifs is 1. The molecule has 0 aliphatic rings. The Kier molecular flexibility index (Phi) is 4.63. The molecule has 0 fully saturated rings. The second kappa shape index (κ2) is 6.86. The fourth-order valence-corrected chi connectivity index (χ4v) is 2.77. The molecule has 3 rings (SSSR count). The van der Waals surface area contributed by atoms with Crippen LogP contribution in [0.1, 0.15) is 16.2 Å². The number of nitrogens with zero attached hydrogens (tertiary/aromatic N) is 3. The van der Waals surface area contributed by atoms with E-state index in [1.807, 2.05) is 18.2 Å². The van der Waals surface area contributed by atoms with Crippen LogP contribution in [0.4, 0.5) is 0 Å². The minimum Gasteiger partial charge on any atom is -0.395 e. The highest BCUT2D eigenvalue weighted by molar-refractivity contribution is 5.94. The summed E-state index contributed by atoms with van der Waals surface area (Å²) in [5, 5.41) is 9.49. The first-order valence-corrected chi connectivity index (χ1v) is 7.98. The van der Waals surface area contributed by atoms with Gasteiger partial charge in [0.05, 0.1) is 23.2 Å². The Morgan fingerprint density at radius 2 is 1.84 bits per heavy atom. The molecular weight excluding hydrogens is 318 g/mol. The molecule has 1 aromatic heterocycles. The SMILES string of the molecule is Cc1nc2ccccc2c(=O)n1-c1ccc(C(=O)N(C)CCO)cc1. The average molecular weight is 337 g/mol. The molecule has 0 aliphatic heterocycles. The molecule has 128 valence electrons. The van der Waals surface area contributed by atoms with Crippen molar-refractivity contribution in [3.63, 3.8) is 0 Å². The summed E-state index contributed by atoms with van der Waals surface area (Å²) in [6, 6.07) is 14.0. The predicted molar refractivity (Wildman–Crippen MR) is 96.1 cm³/mol. The number of aliphatic hydroxyl groups is 1. The van der Waals surface area contributed by atoms with Gasteiger partial charge in [-0.3, -0.25) is 14.2 Å². The number of para-hydroxylation sites is 1. The van der Waals surface area contributed by atoms with Crippen LogP contribution in [0, 0.1) is 6.92 Å². The zero-order chi connectivity index (χ0) is 18.0. The summed E-state index contributed by atoms with van der Waals surface area (Å²) in [7, 11) is 1.63. The summed E-state index contributed by atoms with van der Waals surface area (Å²) < 4.78 is 1.54. The Hall–Kier alpha value is -2.99. The fraction of sp³-hybridized carbons (Fsp3) is 0.211. The van der Waals surface area contributed by atoms with Crippen molar-refractivity contribution in [2.45, 2.75) is 6.92 Å². The van der Waals surface area contributed by atoms with E-state index >= 15 is 0 Å². The lowest BCUT2D eigenvalue weighted by Crippen LogP contribution is -2.29. The molecule has 0 unspecified atom stereocenters. The lowest BCUT2D eigenvalue weighted by Gasteiger charge is -2.16. The highest BCUT2D eigenvalue weighted by Crippen LogP contribution is 2.14. The Bertz CT molecular complexity index is 977. The molecular formula is C19H19N3O3. The maximum absolute atomic E-state index is 12.8. The fourth-order valence-electron chi connectivity index (χ4n) is 2.77. The van der Waals surface area contributed by atoms with Crippen LogP contribution in [0.15, 0.2) is 53.3 Å². The molecule has 1 heterocycles. The van der Waals surface area contributed by atoms with Crippen molar-refractivity contribution in [2.24, 2.45) is 0 Å². The summed E-state index contributed by atoms with van der Waals surface area (Å²) in [5.41, 5.74) is 1.68. The van der Waals surface area contributed by atoms with Crippen LogP contribution in [0.25, 0.3) is 16.6 Å². The van der Waals surface area contributed by atoms with E-state index in [4.69, 9.17) is 5.11 Å². The molecule has 6 nitrogen and oxygen atoms in total. The zero-order valence-corrected chi connectivity index (χ0v) is 14.1. The van der Waals surface area contributed by atoms with Gasteiger partial charge in [0.2, 0.25) is 0 Å². The molecule has 0 saturated heterocycles. The van der Waals surface area contributed by atoms with E-state index in [-0.39, 0.29) is 24.6 Å². The van der Waals surface area contributed by atoms with E-state index in [9.17, 15) is 9.59 Å². The molecule has 0 bridgehead atoms. The average Bonchev–Trinajstić information content (AvgIpc) is 2.62. The number of aryl methyl sites for hydroxylation is 1. The first kappa shape index (κ1) is 16.9. The molecule has 25 heavy (non-hydrogen) atoms. The Labute approximate surface area is 145 Å². The first-order valence-electron chi connectivity index (χ1n) is 7.98. The van der Waals surface area contributed by atoms with Crippen molar-refractivity contribution >= 4 is 16.8 Å². The minimum absolute atomic E-state index is 0.0856. The minimum atomic E-state index is -0.179. The lowest BCUT2D eigenvalue weighted by atomic mass is 10.1. The molecule has 0 atom stereocenters. The largest absolute Gasteiger partial charge is 0.395 e. The number of carbonyl (C=O) groups excluding carboxylic acids is 1. The van der Waals surface area contributed by atoms with Crippen LogP contribution >= 0.6 is 0 Å². The second-order valence-corrected chi connectivity index (χ2v) is 5.81. The van der Waals surface area contributed by atoms with Crippen LogP contribution in [-0.4, -0.2) is 45.7 Å². The monoisotopic (exact) mass is 337 g/mol. The number of hydrogen-bond donors (Lipinski definition) is 1. The van der Waals surface area contributed by atoms with Gasteiger partial charge in [-0.1, -0.05) is 12.1 Å². The topological polar surface area (TPSA) is 75.4 Å². The van der Waals surface area contributed by atoms with Crippen molar-refractivity contribution in [2.75, 3.05) is 20.2 Å². The van der Waals surface area contributed by atoms with Gasteiger partial charge < -0.3 is 10.0 Å². The lowest BCUT2D eigenvalue weighted by molar-refractivity contribution is 0.0767. The Morgan fingerprint density at radius 3 is 2.52 bits per heavy atom. The van der Waals surface area contributed by atoms with Crippen molar-refractivity contribution < 1.29 is 9.90 Å². The van der Waals surface area contributed by atoms with E-state index in [0.29, 0.717) is 28.0 Å². The van der Waals surface area contributed by atoms with Gasteiger partial charge in [0.15, 0.2) is 0 Å². The third-order valence-corrected chi connectivity index (χ3v) is 4.10. The van der Waals surface area contributed by atoms with Crippen molar-refractivity contribution in [3.8, 4) is 5.69 Å². The zero-order valence-electron chi connectivity index (χ0n) is 14.1. The van der Waals surface area contributed by atoms with Gasteiger partial charge in [0, 0.05) is 19.2 Å². The van der Waals surface area contributed by atoms with E-state index < -0.39 is 0 Å². The highest BCUT2D eigenvalue weighted by atomic mass is 16.3. The van der Waals surface area contributed by atoms with Crippen molar-refractivity contribution in [3.05, 3.63) is 70.3 Å². The highest BCUT2D eigenvalue weighted by Gasteiger charge is 2.13. The second-order valence-electron chi connectivity index (χ2n) is 5.81. The maximum Gasteiger partial charge on any atom is 0.265 e. The summed E-state index contributed by atoms with van der Waals surface area (Å²) in [5.74, 6) is 0.404. The number of rotatable bonds is 4. The Balaban J connectivity index is 2.02. The van der Waals surface area contributed by atoms with Gasteiger partial charge in [0.1, 0.15) is 5.82 Å². The van der Waals surface area contributed by atoms with Gasteiger partial charge >= 0.3 is 0 Å². The van der Waals surface area contributed by atoms with Gasteiger partial charge in [-0.25, -0.2) is 4.98 Å². The molecule has 1 amide bonds. The third kappa shape index (κ3) is 3.16. The molecule has 0 spiro atoms. The number of likely N-dealkylation sites (N-methyl/N-ethyl adjacent to an activating group) is 1. The summed E-state index contributed by atoms with van der Waals surface area (Å²) >= 11 is 0. The van der Waals surface area contributed by atoms with E-state index in [2.05, 4.69) is 4.98 Å². The normalized spacial score (nSPS) is 10.8. The summed E-state index contributed by atoms with van der Waals surface area (Å²) in [6.07, 6.45) is 0. The summed E-state index contributed by atoms with van der Waals surface area (Å²) in [4.78, 5) is 30.9.